The summed E-state index contributed by atoms with van der Waals surface area (Å²) in [6.45, 7) is 0. The van der Waals surface area contributed by atoms with E-state index in [1.807, 2.05) is 0 Å². The van der Waals surface area contributed by atoms with Crippen LogP contribution in [0, 0.1) is 0 Å². The largest absolute Gasteiger partial charge is 0.271 e. The van der Waals surface area contributed by atoms with Crippen LogP contribution in [0.15, 0.2) is 133 Å². The van der Waals surface area contributed by atoms with Gasteiger partial charge in [0.25, 0.3) is 5.54 Å². The van der Waals surface area contributed by atoms with Crippen molar-refractivity contribution in [2.24, 2.45) is 0 Å². The molecule has 0 saturated carbocycles. The van der Waals surface area contributed by atoms with Crippen LogP contribution in [0.4, 0.5) is 5.69 Å². The van der Waals surface area contributed by atoms with Crippen molar-refractivity contribution < 1.29 is 4.68 Å². The lowest BCUT2D eigenvalue weighted by Gasteiger charge is -2.26. The lowest BCUT2D eigenvalue weighted by Crippen LogP contribution is -2.46. The molecule has 1 aliphatic carbocycles. The maximum Gasteiger partial charge on any atom is 0.271 e. The van der Waals surface area contributed by atoms with Crippen molar-refractivity contribution >= 4 is 11.4 Å². The number of anilines is 1. The Morgan fingerprint density at radius 1 is 0.514 bits per heavy atom. The number of hydrazone groups is 1. The van der Waals surface area contributed by atoms with E-state index in [9.17, 15) is 0 Å². The van der Waals surface area contributed by atoms with E-state index in [1.165, 1.54) is 50.3 Å². The maximum absolute atomic E-state index is 2.53. The van der Waals surface area contributed by atoms with Gasteiger partial charge in [-0.2, -0.15) is 5.01 Å². The first-order valence-electron chi connectivity index (χ1n) is 12.1. The van der Waals surface area contributed by atoms with Gasteiger partial charge in [0.1, 0.15) is 5.69 Å². The van der Waals surface area contributed by atoms with E-state index < -0.39 is 5.54 Å². The van der Waals surface area contributed by atoms with Crippen LogP contribution in [0.3, 0.4) is 0 Å². The Morgan fingerprint density at radius 2 is 0.943 bits per heavy atom. The molecular formula is C33H25N2+. The summed E-state index contributed by atoms with van der Waals surface area (Å²) in [6.07, 6.45) is 0. The van der Waals surface area contributed by atoms with Crippen LogP contribution in [0.25, 0.3) is 11.1 Å². The molecule has 1 heterocycles. The molecule has 0 unspecified atom stereocenters. The highest BCUT2D eigenvalue weighted by molar-refractivity contribution is 6.10. The molecule has 0 atom stereocenters. The van der Waals surface area contributed by atoms with Gasteiger partial charge in [0.05, 0.1) is 12.6 Å². The van der Waals surface area contributed by atoms with E-state index in [-0.39, 0.29) is 0 Å². The van der Waals surface area contributed by atoms with Crippen LogP contribution in [0.5, 0.6) is 0 Å². The van der Waals surface area contributed by atoms with E-state index in [1.54, 1.807) is 0 Å². The predicted molar refractivity (Wildman–Crippen MR) is 143 cm³/mol. The summed E-state index contributed by atoms with van der Waals surface area (Å²) in [5.74, 6) is 0. The number of hydrazine groups is 1. The summed E-state index contributed by atoms with van der Waals surface area (Å²) in [5, 5.41) is 2.35. The van der Waals surface area contributed by atoms with Crippen molar-refractivity contribution in [3.63, 3.8) is 0 Å². The van der Waals surface area contributed by atoms with Crippen molar-refractivity contribution in [3.8, 4) is 11.1 Å². The van der Waals surface area contributed by atoms with Crippen LogP contribution in [-0.4, -0.2) is 17.4 Å². The quantitative estimate of drug-likeness (QED) is 0.266. The second-order valence-electron chi connectivity index (χ2n) is 9.23. The Balaban J connectivity index is 1.72. The molecule has 1 aliphatic heterocycles. The third kappa shape index (κ3) is 2.62. The van der Waals surface area contributed by atoms with Crippen LogP contribution in [-0.2, 0) is 5.54 Å². The molecule has 2 heteroatoms. The van der Waals surface area contributed by atoms with Gasteiger partial charge < -0.3 is 0 Å². The molecule has 5 aromatic rings. The van der Waals surface area contributed by atoms with E-state index in [4.69, 9.17) is 0 Å². The van der Waals surface area contributed by atoms with Gasteiger partial charge in [-0.3, -0.25) is 0 Å². The maximum atomic E-state index is 2.53. The van der Waals surface area contributed by atoms with Gasteiger partial charge >= 0.3 is 0 Å². The standard InChI is InChI=1S/C33H25N2/c1-34-31-23-13-12-22-30(31)33(28-20-10-8-18-26(28)27-19-9-11-21-29(27)33)35(34)32(24-14-4-2-5-15-24)25-16-6-3-7-17-25/h2-23H,1H3/q+1. The third-order valence-electron chi connectivity index (χ3n) is 7.49. The van der Waals surface area contributed by atoms with E-state index in [0.717, 1.165) is 0 Å². The van der Waals surface area contributed by atoms with Gasteiger partial charge in [-0.25, -0.2) is 0 Å². The number of rotatable bonds is 2. The van der Waals surface area contributed by atoms with Crippen molar-refractivity contribution in [2.45, 2.75) is 5.54 Å². The van der Waals surface area contributed by atoms with Crippen molar-refractivity contribution in [3.05, 3.63) is 161 Å². The average Bonchev–Trinajstić information content (AvgIpc) is 3.37. The van der Waals surface area contributed by atoms with Crippen LogP contribution in [0.1, 0.15) is 27.8 Å². The summed E-state index contributed by atoms with van der Waals surface area (Å²) >= 11 is 0. The molecule has 5 aromatic carbocycles. The molecule has 0 radical (unpaired) electrons. The number of benzene rings is 5. The summed E-state index contributed by atoms with van der Waals surface area (Å²) in [7, 11) is 2.20. The van der Waals surface area contributed by atoms with Gasteiger partial charge in [-0.05, 0) is 47.5 Å². The van der Waals surface area contributed by atoms with Crippen molar-refractivity contribution in [2.75, 3.05) is 12.1 Å². The Bertz CT molecular complexity index is 1510. The monoisotopic (exact) mass is 449 g/mol. The molecule has 0 amide bonds. The van der Waals surface area contributed by atoms with Crippen LogP contribution in [0.2, 0.25) is 0 Å². The Morgan fingerprint density at radius 3 is 1.49 bits per heavy atom. The molecule has 7 rings (SSSR count). The topological polar surface area (TPSA) is 6.25 Å². The molecule has 2 nitrogen and oxygen atoms in total. The Hall–Kier alpha value is -4.43. The smallest absolute Gasteiger partial charge is 0.154 e. The van der Waals surface area contributed by atoms with E-state index >= 15 is 0 Å². The SMILES string of the molecule is CN1c2ccccc2C2(c3ccccc3-c3ccccc32)[N+]1=C(c1ccccc1)c1ccccc1. The number of para-hydroxylation sites is 1. The Labute approximate surface area is 206 Å². The summed E-state index contributed by atoms with van der Waals surface area (Å²) in [6, 6.07) is 48.3. The average molecular weight is 450 g/mol. The zero-order valence-electron chi connectivity index (χ0n) is 19.6. The van der Waals surface area contributed by atoms with Gasteiger partial charge in [0.15, 0.2) is 0 Å². The molecule has 0 saturated heterocycles. The fourth-order valence-electron chi connectivity index (χ4n) is 6.16. The highest BCUT2D eigenvalue weighted by atomic mass is 15.6. The zero-order valence-corrected chi connectivity index (χ0v) is 19.6. The molecule has 0 fully saturated rings. The summed E-state index contributed by atoms with van der Waals surface area (Å²) in [4.78, 5) is 0. The molecule has 0 N–H and O–H groups in total. The first kappa shape index (κ1) is 20.0. The zero-order chi connectivity index (χ0) is 23.4. The lowest BCUT2D eigenvalue weighted by atomic mass is 9.80. The minimum absolute atomic E-state index is 0.473. The van der Waals surface area contributed by atoms with Crippen molar-refractivity contribution in [1.29, 1.82) is 0 Å². The third-order valence-corrected chi connectivity index (χ3v) is 7.49. The molecule has 35 heavy (non-hydrogen) atoms. The predicted octanol–water partition coefficient (Wildman–Crippen LogP) is 6.87. The first-order chi connectivity index (χ1) is 17.3. The minimum atomic E-state index is -0.473. The number of hydrogen-bond donors (Lipinski definition) is 0. The second-order valence-corrected chi connectivity index (χ2v) is 9.23. The van der Waals surface area contributed by atoms with Gasteiger partial charge in [0.2, 0.25) is 5.71 Å². The van der Waals surface area contributed by atoms with Gasteiger partial charge in [-0.1, -0.05) is 102 Å². The number of hydrogen-bond acceptors (Lipinski definition) is 1. The molecule has 166 valence electrons. The molecule has 0 bridgehead atoms. The normalized spacial score (nSPS) is 14.5. The van der Waals surface area contributed by atoms with Gasteiger partial charge in [0, 0.05) is 22.3 Å². The van der Waals surface area contributed by atoms with Crippen LogP contribution < -0.4 is 5.01 Å². The first-order valence-corrected chi connectivity index (χ1v) is 12.1. The molecule has 1 spiro atoms. The molecule has 2 aliphatic rings. The van der Waals surface area contributed by atoms with Crippen molar-refractivity contribution in [1.82, 2.24) is 0 Å². The molecular weight excluding hydrogens is 424 g/mol. The second kappa shape index (κ2) is 7.54. The minimum Gasteiger partial charge on any atom is -0.154 e. The van der Waals surface area contributed by atoms with Crippen LogP contribution >= 0.6 is 0 Å². The molecule has 0 aromatic heterocycles. The van der Waals surface area contributed by atoms with E-state index in [2.05, 4.69) is 150 Å². The summed E-state index contributed by atoms with van der Waals surface area (Å²) < 4.78 is 2.53. The number of fused-ring (bicyclic) bond motifs is 7. The highest BCUT2D eigenvalue weighted by Crippen LogP contribution is 2.58. The Kier molecular flexibility index (Phi) is 4.31. The number of nitrogens with zero attached hydrogens (tertiary/aromatic N) is 2. The fraction of sp³-hybridized carbons (Fsp3) is 0.0606. The lowest BCUT2D eigenvalue weighted by molar-refractivity contribution is -0.592. The fourth-order valence-corrected chi connectivity index (χ4v) is 6.16. The highest BCUT2D eigenvalue weighted by Gasteiger charge is 2.62. The van der Waals surface area contributed by atoms with Gasteiger partial charge in [-0.15, -0.1) is 0 Å². The summed E-state index contributed by atoms with van der Waals surface area (Å²) in [5.41, 5.74) is 10.9. The van der Waals surface area contributed by atoms with E-state index in [0.29, 0.717) is 0 Å².